The van der Waals surface area contributed by atoms with Crippen LogP contribution >= 0.6 is 0 Å². The van der Waals surface area contributed by atoms with Gasteiger partial charge in [0.15, 0.2) is 0 Å². The lowest BCUT2D eigenvalue weighted by molar-refractivity contribution is -0.0195. The molecular formula is C14H27NO3. The molecule has 0 unspecified atom stereocenters. The molecule has 1 amide bonds. The van der Waals surface area contributed by atoms with Crippen molar-refractivity contribution in [2.24, 2.45) is 0 Å². The molecule has 1 aliphatic rings. The Labute approximate surface area is 110 Å². The second-order valence-corrected chi connectivity index (χ2v) is 6.47. The quantitative estimate of drug-likeness (QED) is 0.774. The lowest BCUT2D eigenvalue weighted by Crippen LogP contribution is -2.45. The van der Waals surface area contributed by atoms with Gasteiger partial charge in [0.05, 0.1) is 12.1 Å². The zero-order valence-electron chi connectivity index (χ0n) is 12.2. The second-order valence-electron chi connectivity index (χ2n) is 6.47. The number of aliphatic hydroxyl groups is 1. The molecule has 0 saturated heterocycles. The summed E-state index contributed by atoms with van der Waals surface area (Å²) in [6, 6.07) is 0. The van der Waals surface area contributed by atoms with Crippen molar-refractivity contribution in [3.05, 3.63) is 0 Å². The minimum Gasteiger partial charge on any atom is -0.444 e. The van der Waals surface area contributed by atoms with Gasteiger partial charge in [0.1, 0.15) is 5.60 Å². The first-order chi connectivity index (χ1) is 8.22. The average Bonchev–Trinajstić information content (AvgIpc) is 2.40. The number of carbonyl (C=O) groups is 1. The summed E-state index contributed by atoms with van der Waals surface area (Å²) in [7, 11) is 1.69. The largest absolute Gasteiger partial charge is 0.444 e. The molecule has 1 N–H and O–H groups in total. The Morgan fingerprint density at radius 3 is 2.17 bits per heavy atom. The van der Waals surface area contributed by atoms with E-state index in [1.54, 1.807) is 7.05 Å². The average molecular weight is 257 g/mol. The van der Waals surface area contributed by atoms with E-state index in [4.69, 9.17) is 4.74 Å². The third kappa shape index (κ3) is 5.25. The fourth-order valence-electron chi connectivity index (χ4n) is 2.39. The number of hydrogen-bond acceptors (Lipinski definition) is 3. The van der Waals surface area contributed by atoms with Crippen molar-refractivity contribution in [3.63, 3.8) is 0 Å². The number of hydrogen-bond donors (Lipinski definition) is 1. The van der Waals surface area contributed by atoms with Crippen LogP contribution < -0.4 is 0 Å². The Balaban J connectivity index is 2.51. The van der Waals surface area contributed by atoms with Crippen LogP contribution in [0.4, 0.5) is 4.79 Å². The van der Waals surface area contributed by atoms with Crippen molar-refractivity contribution in [1.29, 1.82) is 0 Å². The summed E-state index contributed by atoms with van der Waals surface area (Å²) in [5.41, 5.74) is -1.22. The van der Waals surface area contributed by atoms with Crippen LogP contribution in [0.1, 0.15) is 59.3 Å². The number of amides is 1. The van der Waals surface area contributed by atoms with E-state index in [1.165, 1.54) is 17.7 Å². The van der Waals surface area contributed by atoms with Crippen molar-refractivity contribution in [3.8, 4) is 0 Å². The highest BCUT2D eigenvalue weighted by Gasteiger charge is 2.32. The van der Waals surface area contributed by atoms with E-state index in [0.29, 0.717) is 6.54 Å². The lowest BCUT2D eigenvalue weighted by atomic mass is 9.94. The van der Waals surface area contributed by atoms with Crippen molar-refractivity contribution in [2.75, 3.05) is 13.6 Å². The van der Waals surface area contributed by atoms with E-state index in [0.717, 1.165) is 25.7 Å². The Morgan fingerprint density at radius 2 is 1.72 bits per heavy atom. The van der Waals surface area contributed by atoms with Gasteiger partial charge in [-0.3, -0.25) is 0 Å². The molecule has 4 nitrogen and oxygen atoms in total. The van der Waals surface area contributed by atoms with Crippen LogP contribution in [-0.2, 0) is 4.74 Å². The van der Waals surface area contributed by atoms with Crippen molar-refractivity contribution in [1.82, 2.24) is 4.90 Å². The van der Waals surface area contributed by atoms with Gasteiger partial charge in [0.25, 0.3) is 0 Å². The molecular weight excluding hydrogens is 230 g/mol. The predicted octanol–water partition coefficient (Wildman–Crippen LogP) is 2.94. The van der Waals surface area contributed by atoms with Crippen molar-refractivity contribution < 1.29 is 14.6 Å². The van der Waals surface area contributed by atoms with Gasteiger partial charge in [-0.1, -0.05) is 25.7 Å². The molecule has 1 rings (SSSR count). The van der Waals surface area contributed by atoms with Crippen LogP contribution in [0, 0.1) is 0 Å². The summed E-state index contributed by atoms with van der Waals surface area (Å²) in [6.45, 7) is 5.90. The maximum atomic E-state index is 11.9. The van der Waals surface area contributed by atoms with Crippen LogP contribution in [-0.4, -0.2) is 40.9 Å². The van der Waals surface area contributed by atoms with Crippen LogP contribution in [0.15, 0.2) is 0 Å². The topological polar surface area (TPSA) is 49.8 Å². The van der Waals surface area contributed by atoms with E-state index >= 15 is 0 Å². The minimum absolute atomic E-state index is 0.361. The van der Waals surface area contributed by atoms with Crippen molar-refractivity contribution in [2.45, 2.75) is 70.5 Å². The maximum Gasteiger partial charge on any atom is 0.410 e. The number of rotatable bonds is 2. The first-order valence-electron chi connectivity index (χ1n) is 6.88. The summed E-state index contributed by atoms with van der Waals surface area (Å²) in [5.74, 6) is 0. The lowest BCUT2D eigenvalue weighted by Gasteiger charge is -2.32. The Kier molecular flexibility index (Phi) is 5.02. The van der Waals surface area contributed by atoms with Crippen LogP contribution in [0.5, 0.6) is 0 Å². The molecule has 0 spiro atoms. The third-order valence-electron chi connectivity index (χ3n) is 3.27. The van der Waals surface area contributed by atoms with Crippen LogP contribution in [0.3, 0.4) is 0 Å². The highest BCUT2D eigenvalue weighted by molar-refractivity contribution is 5.67. The van der Waals surface area contributed by atoms with Gasteiger partial charge in [-0.25, -0.2) is 4.79 Å². The number of nitrogens with zero attached hydrogens (tertiary/aromatic N) is 1. The molecule has 4 heteroatoms. The summed E-state index contributed by atoms with van der Waals surface area (Å²) >= 11 is 0. The highest BCUT2D eigenvalue weighted by Crippen LogP contribution is 2.27. The normalized spacial score (nSPS) is 20.1. The van der Waals surface area contributed by atoms with E-state index in [1.807, 2.05) is 20.8 Å². The Morgan fingerprint density at radius 1 is 1.22 bits per heavy atom. The number of likely N-dealkylation sites (N-methyl/N-ethyl adjacent to an activating group) is 1. The molecule has 0 bridgehead atoms. The summed E-state index contributed by atoms with van der Waals surface area (Å²) < 4.78 is 5.29. The molecule has 1 saturated carbocycles. The molecule has 0 aromatic carbocycles. The molecule has 18 heavy (non-hydrogen) atoms. The SMILES string of the molecule is CN(CC1(O)CCCCCC1)C(=O)OC(C)(C)C. The van der Waals surface area contributed by atoms with E-state index in [-0.39, 0.29) is 6.09 Å². The second kappa shape index (κ2) is 5.91. The molecule has 0 aliphatic heterocycles. The van der Waals surface area contributed by atoms with Crippen LogP contribution in [0.2, 0.25) is 0 Å². The minimum atomic E-state index is -0.734. The molecule has 0 atom stereocenters. The first kappa shape index (κ1) is 15.3. The molecule has 106 valence electrons. The number of carbonyl (C=O) groups excluding carboxylic acids is 1. The van der Waals surface area contributed by atoms with Crippen LogP contribution in [0.25, 0.3) is 0 Å². The van der Waals surface area contributed by atoms with E-state index < -0.39 is 11.2 Å². The molecule has 1 aliphatic carbocycles. The highest BCUT2D eigenvalue weighted by atomic mass is 16.6. The van der Waals surface area contributed by atoms with E-state index in [2.05, 4.69) is 0 Å². The van der Waals surface area contributed by atoms with E-state index in [9.17, 15) is 9.90 Å². The van der Waals surface area contributed by atoms with Gasteiger partial charge in [-0.15, -0.1) is 0 Å². The standard InChI is InChI=1S/C14H27NO3/c1-13(2,3)18-12(16)15(4)11-14(17)9-7-5-6-8-10-14/h17H,5-11H2,1-4H3. The molecule has 0 aromatic rings. The van der Waals surface area contributed by atoms with Crippen molar-refractivity contribution >= 4 is 6.09 Å². The van der Waals surface area contributed by atoms with Gasteiger partial charge in [-0.05, 0) is 33.6 Å². The summed E-state index contributed by atoms with van der Waals surface area (Å²) in [5, 5.41) is 10.5. The zero-order valence-corrected chi connectivity index (χ0v) is 12.2. The van der Waals surface area contributed by atoms with Gasteiger partial charge >= 0.3 is 6.09 Å². The maximum absolute atomic E-state index is 11.9. The predicted molar refractivity (Wildman–Crippen MR) is 71.5 cm³/mol. The monoisotopic (exact) mass is 257 g/mol. The zero-order chi connectivity index (χ0) is 13.8. The smallest absolute Gasteiger partial charge is 0.410 e. The fraction of sp³-hybridized carbons (Fsp3) is 0.929. The third-order valence-corrected chi connectivity index (χ3v) is 3.27. The molecule has 0 aromatic heterocycles. The molecule has 0 heterocycles. The van der Waals surface area contributed by atoms with Gasteiger partial charge < -0.3 is 14.7 Å². The van der Waals surface area contributed by atoms with Gasteiger partial charge in [0.2, 0.25) is 0 Å². The van der Waals surface area contributed by atoms with Gasteiger partial charge in [0, 0.05) is 7.05 Å². The number of ether oxygens (including phenoxy) is 1. The van der Waals surface area contributed by atoms with Gasteiger partial charge in [-0.2, -0.15) is 0 Å². The molecule has 0 radical (unpaired) electrons. The Bertz CT molecular complexity index is 275. The Hall–Kier alpha value is -0.770. The molecule has 1 fully saturated rings. The first-order valence-corrected chi connectivity index (χ1v) is 6.88. The summed E-state index contributed by atoms with van der Waals surface area (Å²) in [6.07, 6.45) is 5.63. The fourth-order valence-corrected chi connectivity index (χ4v) is 2.39. The summed E-state index contributed by atoms with van der Waals surface area (Å²) in [4.78, 5) is 13.3.